The maximum Gasteiger partial charge on any atom is 0.277 e. The van der Waals surface area contributed by atoms with E-state index in [4.69, 9.17) is 4.52 Å². The van der Waals surface area contributed by atoms with Crippen molar-refractivity contribution in [3.8, 4) is 0 Å². The van der Waals surface area contributed by atoms with Gasteiger partial charge in [-0.15, -0.1) is 0 Å². The summed E-state index contributed by atoms with van der Waals surface area (Å²) in [5.74, 6) is 0.0903. The molecule has 0 radical (unpaired) electrons. The van der Waals surface area contributed by atoms with Gasteiger partial charge < -0.3 is 4.52 Å². The Bertz CT molecular complexity index is 754. The molecule has 2 amide bonds. The van der Waals surface area contributed by atoms with Gasteiger partial charge in [-0.05, 0) is 20.3 Å². The number of aromatic nitrogens is 1. The van der Waals surface area contributed by atoms with E-state index < -0.39 is 9.84 Å². The molecule has 0 aliphatic carbocycles. The lowest BCUT2D eigenvalue weighted by molar-refractivity contribution is -0.141. The van der Waals surface area contributed by atoms with Gasteiger partial charge in [-0.25, -0.2) is 13.4 Å². The first-order valence-corrected chi connectivity index (χ1v) is 10.1. The Morgan fingerprint density at radius 3 is 2.32 bits per heavy atom. The first kappa shape index (κ1) is 17.9. The predicted octanol–water partition coefficient (Wildman–Crippen LogP) is -0.389. The van der Waals surface area contributed by atoms with Crippen LogP contribution in [0.5, 0.6) is 0 Å². The molecule has 1 aromatic heterocycles. The Labute approximate surface area is 146 Å². The highest BCUT2D eigenvalue weighted by Crippen LogP contribution is 2.20. The molecule has 2 fully saturated rings. The van der Waals surface area contributed by atoms with Gasteiger partial charge in [-0.1, -0.05) is 5.16 Å². The smallest absolute Gasteiger partial charge is 0.277 e. The second kappa shape index (κ2) is 6.75. The van der Waals surface area contributed by atoms with Crippen molar-refractivity contribution in [2.75, 3.05) is 44.2 Å². The molecule has 0 saturated carbocycles. The minimum absolute atomic E-state index is 0.0714. The van der Waals surface area contributed by atoms with Crippen LogP contribution in [0.15, 0.2) is 4.52 Å². The molecule has 3 heterocycles. The van der Waals surface area contributed by atoms with Crippen molar-refractivity contribution in [2.45, 2.75) is 20.3 Å². The Morgan fingerprint density at radius 2 is 1.72 bits per heavy atom. The van der Waals surface area contributed by atoms with Gasteiger partial charge >= 0.3 is 0 Å². The summed E-state index contributed by atoms with van der Waals surface area (Å²) in [6.45, 7) is 5.10. The summed E-state index contributed by atoms with van der Waals surface area (Å²) in [5.41, 5.74) is 0.895. The summed E-state index contributed by atoms with van der Waals surface area (Å²) in [6, 6.07) is 0. The highest BCUT2D eigenvalue weighted by Gasteiger charge is 2.35. The van der Waals surface area contributed by atoms with Gasteiger partial charge in [-0.3, -0.25) is 19.5 Å². The molecule has 2 aliphatic rings. The molecule has 138 valence electrons. The maximum atomic E-state index is 12.8. The number of nitrogens with zero attached hydrogens (tertiary/aromatic N) is 4. The number of aryl methyl sites for hydroxylation is 2. The molecule has 0 aromatic carbocycles. The number of hydrogen-bond donors (Lipinski definition) is 0. The predicted molar refractivity (Wildman–Crippen MR) is 88.4 cm³/mol. The molecule has 2 saturated heterocycles. The zero-order chi connectivity index (χ0) is 18.2. The van der Waals surface area contributed by atoms with Crippen molar-refractivity contribution in [1.82, 2.24) is 20.1 Å². The second-order valence-electron chi connectivity index (χ2n) is 6.43. The topological polar surface area (TPSA) is 104 Å². The number of hydrogen-bond acceptors (Lipinski definition) is 7. The van der Waals surface area contributed by atoms with Crippen LogP contribution < -0.4 is 0 Å². The van der Waals surface area contributed by atoms with Crippen LogP contribution in [-0.4, -0.2) is 84.5 Å². The van der Waals surface area contributed by atoms with E-state index >= 15 is 0 Å². The third kappa shape index (κ3) is 3.69. The van der Waals surface area contributed by atoms with E-state index in [1.165, 1.54) is 10.0 Å². The molecule has 25 heavy (non-hydrogen) atoms. The zero-order valence-electron chi connectivity index (χ0n) is 14.4. The Morgan fingerprint density at radius 1 is 1.08 bits per heavy atom. The zero-order valence-corrected chi connectivity index (χ0v) is 15.2. The van der Waals surface area contributed by atoms with Gasteiger partial charge in [0.25, 0.3) is 11.8 Å². The molecule has 0 atom stereocenters. The van der Waals surface area contributed by atoms with Crippen LogP contribution in [0.1, 0.15) is 28.2 Å². The fourth-order valence-corrected chi connectivity index (χ4v) is 4.46. The van der Waals surface area contributed by atoms with Crippen LogP contribution in [0, 0.1) is 13.8 Å². The first-order valence-electron chi connectivity index (χ1n) is 8.26. The number of carbonyl (C=O) groups is 2. The minimum atomic E-state index is -2.98. The molecular weight excluding hydrogens is 348 g/mol. The summed E-state index contributed by atoms with van der Waals surface area (Å²) in [5, 5.41) is 6.69. The lowest BCUT2D eigenvalue weighted by Crippen LogP contribution is -2.51. The summed E-state index contributed by atoms with van der Waals surface area (Å²) in [4.78, 5) is 27.2. The normalized spacial score (nSPS) is 20.9. The number of carbonyl (C=O) groups excluding carboxylic acids is 2. The Hall–Kier alpha value is -1.94. The lowest BCUT2D eigenvalue weighted by Gasteiger charge is -2.31. The second-order valence-corrected chi connectivity index (χ2v) is 8.73. The quantitative estimate of drug-likeness (QED) is 0.714. The molecule has 0 N–H and O–H groups in total. The van der Waals surface area contributed by atoms with Crippen LogP contribution >= 0.6 is 0 Å². The summed E-state index contributed by atoms with van der Waals surface area (Å²) < 4.78 is 28.0. The van der Waals surface area contributed by atoms with Crippen LogP contribution in [0.3, 0.4) is 0 Å². The lowest BCUT2D eigenvalue weighted by atomic mass is 10.2. The fraction of sp³-hybridized carbons (Fsp3) is 0.667. The average Bonchev–Trinajstić information content (AvgIpc) is 3.16. The molecule has 0 spiro atoms. The van der Waals surface area contributed by atoms with E-state index in [-0.39, 0.29) is 29.9 Å². The minimum Gasteiger partial charge on any atom is -0.361 e. The van der Waals surface area contributed by atoms with Gasteiger partial charge in [0.05, 0.1) is 23.7 Å². The van der Waals surface area contributed by atoms with E-state index in [9.17, 15) is 18.0 Å². The van der Waals surface area contributed by atoms with Gasteiger partial charge in [0.1, 0.15) is 11.3 Å². The molecule has 1 aromatic rings. The molecular formula is C15H22N4O5S. The van der Waals surface area contributed by atoms with Gasteiger partial charge in [0.2, 0.25) is 0 Å². The van der Waals surface area contributed by atoms with Gasteiger partial charge in [-0.2, -0.15) is 0 Å². The third-order valence-corrected chi connectivity index (χ3v) is 6.21. The monoisotopic (exact) mass is 370 g/mol. The van der Waals surface area contributed by atoms with Gasteiger partial charge in [0.15, 0.2) is 9.84 Å². The standard InChI is InChI=1S/C15H22N4O5S/c1-11-14(12(2)24-16-11)15(21)19-5-3-4-18(19)13(20)10-17-6-8-25(22,23)9-7-17/h3-10H2,1-2H3. The number of hydrazine groups is 1. The molecule has 0 unspecified atom stereocenters. The maximum absolute atomic E-state index is 12.8. The molecule has 0 bridgehead atoms. The van der Waals surface area contributed by atoms with Crippen molar-refractivity contribution in [1.29, 1.82) is 0 Å². The van der Waals surface area contributed by atoms with E-state index in [1.54, 1.807) is 13.8 Å². The average molecular weight is 370 g/mol. The summed E-state index contributed by atoms with van der Waals surface area (Å²) in [7, 11) is -2.98. The van der Waals surface area contributed by atoms with E-state index in [1.807, 2.05) is 4.90 Å². The van der Waals surface area contributed by atoms with Crippen molar-refractivity contribution >= 4 is 21.7 Å². The van der Waals surface area contributed by atoms with Crippen molar-refractivity contribution < 1.29 is 22.5 Å². The van der Waals surface area contributed by atoms with E-state index in [0.717, 1.165) is 0 Å². The third-order valence-electron chi connectivity index (χ3n) is 4.60. The van der Waals surface area contributed by atoms with Crippen LogP contribution in [0.2, 0.25) is 0 Å². The summed E-state index contributed by atoms with van der Waals surface area (Å²) >= 11 is 0. The van der Waals surface area contributed by atoms with Crippen molar-refractivity contribution in [2.24, 2.45) is 0 Å². The summed E-state index contributed by atoms with van der Waals surface area (Å²) in [6.07, 6.45) is 0.704. The Kier molecular flexibility index (Phi) is 4.83. The number of rotatable bonds is 3. The first-order chi connectivity index (χ1) is 11.8. The van der Waals surface area contributed by atoms with E-state index in [0.29, 0.717) is 49.6 Å². The SMILES string of the molecule is Cc1noc(C)c1C(=O)N1CCCN1C(=O)CN1CCS(=O)(=O)CC1. The largest absolute Gasteiger partial charge is 0.361 e. The van der Waals surface area contributed by atoms with Crippen LogP contribution in [-0.2, 0) is 14.6 Å². The number of sulfone groups is 1. The fourth-order valence-electron chi connectivity index (χ4n) is 3.18. The molecule has 9 nitrogen and oxygen atoms in total. The Balaban J connectivity index is 1.67. The van der Waals surface area contributed by atoms with E-state index in [2.05, 4.69) is 5.16 Å². The van der Waals surface area contributed by atoms with Crippen LogP contribution in [0.4, 0.5) is 0 Å². The number of amides is 2. The van der Waals surface area contributed by atoms with Crippen molar-refractivity contribution in [3.05, 3.63) is 17.0 Å². The van der Waals surface area contributed by atoms with Gasteiger partial charge in [0, 0.05) is 26.2 Å². The highest BCUT2D eigenvalue weighted by atomic mass is 32.2. The molecule has 2 aliphatic heterocycles. The van der Waals surface area contributed by atoms with Crippen LogP contribution in [0.25, 0.3) is 0 Å². The molecule has 3 rings (SSSR count). The molecule has 10 heteroatoms. The highest BCUT2D eigenvalue weighted by molar-refractivity contribution is 7.91. The van der Waals surface area contributed by atoms with Crippen molar-refractivity contribution in [3.63, 3.8) is 0 Å².